The van der Waals surface area contributed by atoms with Crippen LogP contribution in [0.4, 0.5) is 0 Å². The van der Waals surface area contributed by atoms with E-state index in [0.29, 0.717) is 6.42 Å². The molecule has 0 aliphatic carbocycles. The minimum atomic E-state index is -1.98. The summed E-state index contributed by atoms with van der Waals surface area (Å²) in [6.07, 6.45) is 25.4. The lowest BCUT2D eigenvalue weighted by atomic mass is 9.96. The maximum atomic E-state index is 13.3. The highest BCUT2D eigenvalue weighted by Crippen LogP contribution is 2.33. The smallest absolute Gasteiger partial charge is 0.220 e. The fourth-order valence-electron chi connectivity index (χ4n) is 10.6. The lowest BCUT2D eigenvalue weighted by molar-refractivity contribution is -0.379. The van der Waals surface area contributed by atoms with Crippen molar-refractivity contribution < 1.29 is 89.4 Å². The standard InChI is InChI=1S/C63H113NO18/c1-3-5-7-9-11-13-15-16-17-18-19-20-21-22-23-24-25-26-27-28-29-30-31-33-35-37-39-41-51(69)64-46(47(68)40-38-36-34-32-14-12-10-8-6-4-2)45-77-61-57(75)54(72)59(49(43-66)79-61)82-63-58(76)55(73)60(50(44-67)80-63)81-62-56(74)53(71)52(70)48(42-65)78-62/h15-16,18-19,21-22,38,40,46-50,52-63,65-68,70-76H,3-14,17,20,23-37,39,41-45H2,1-2H3,(H,64,69)/b16-15-,19-18-,22-21-,40-38+. The Morgan fingerprint density at radius 1 is 0.439 bits per heavy atom. The van der Waals surface area contributed by atoms with Gasteiger partial charge in [-0.15, -0.1) is 0 Å². The van der Waals surface area contributed by atoms with Gasteiger partial charge in [0, 0.05) is 6.42 Å². The predicted octanol–water partition coefficient (Wildman–Crippen LogP) is 6.65. The molecule has 17 unspecified atom stereocenters. The molecule has 3 heterocycles. The fraction of sp³-hybridized carbons (Fsp3) is 0.857. The van der Waals surface area contributed by atoms with Crippen LogP contribution in [-0.2, 0) is 33.2 Å². The van der Waals surface area contributed by atoms with E-state index in [1.807, 2.05) is 6.08 Å². The normalized spacial score (nSPS) is 29.9. The Kier molecular flexibility index (Phi) is 41.5. The summed E-state index contributed by atoms with van der Waals surface area (Å²) in [6.45, 7) is 1.68. The van der Waals surface area contributed by atoms with E-state index in [2.05, 4.69) is 55.6 Å². The number of carbonyl (C=O) groups is 1. The van der Waals surface area contributed by atoms with Crippen LogP contribution in [0.1, 0.15) is 213 Å². The van der Waals surface area contributed by atoms with Gasteiger partial charge in [-0.25, -0.2) is 0 Å². The molecule has 0 spiro atoms. The Labute approximate surface area is 491 Å². The molecule has 0 aromatic heterocycles. The van der Waals surface area contributed by atoms with Crippen molar-refractivity contribution in [2.24, 2.45) is 0 Å². The molecular weight excluding hydrogens is 1060 g/mol. The van der Waals surface area contributed by atoms with Crippen molar-refractivity contribution in [3.05, 3.63) is 48.6 Å². The second-order valence-electron chi connectivity index (χ2n) is 22.9. The Morgan fingerprint density at radius 3 is 1.26 bits per heavy atom. The third-order valence-corrected chi connectivity index (χ3v) is 15.9. The molecule has 82 heavy (non-hydrogen) atoms. The SMILES string of the molecule is CCCCCCC/C=C\C/C=C\C/C=C\CCCCCCCCCCCCCCC(=O)NC(COC1OC(CO)C(OC2OC(CO)C(OC3OC(CO)C(O)C(O)C3O)C(O)C2O)C(O)C1O)C(O)/C=C/CCCCCCCCCC. The first kappa shape index (κ1) is 74.0. The molecule has 0 bridgehead atoms. The van der Waals surface area contributed by atoms with Crippen LogP contribution in [0.25, 0.3) is 0 Å². The number of hydrogen-bond donors (Lipinski definition) is 12. The number of hydrogen-bond acceptors (Lipinski definition) is 18. The van der Waals surface area contributed by atoms with Gasteiger partial charge >= 0.3 is 0 Å². The molecule has 19 nitrogen and oxygen atoms in total. The van der Waals surface area contributed by atoms with E-state index in [1.54, 1.807) is 6.08 Å². The molecule has 19 heteroatoms. The van der Waals surface area contributed by atoms with E-state index in [1.165, 1.54) is 122 Å². The quantitative estimate of drug-likeness (QED) is 0.0224. The van der Waals surface area contributed by atoms with Crippen molar-refractivity contribution in [3.63, 3.8) is 0 Å². The number of carbonyl (C=O) groups excluding carboxylic acids is 1. The number of nitrogens with one attached hydrogen (secondary N) is 1. The second-order valence-corrected chi connectivity index (χ2v) is 22.9. The molecule has 3 aliphatic heterocycles. The van der Waals surface area contributed by atoms with Gasteiger partial charge in [0.1, 0.15) is 73.2 Å². The molecule has 0 radical (unpaired) electrons. The Balaban J connectivity index is 1.41. The number of amides is 1. The molecule has 1 amide bonds. The van der Waals surface area contributed by atoms with Crippen molar-refractivity contribution in [2.45, 2.75) is 317 Å². The van der Waals surface area contributed by atoms with Gasteiger partial charge in [-0.05, 0) is 57.8 Å². The van der Waals surface area contributed by atoms with Crippen LogP contribution in [0.15, 0.2) is 48.6 Å². The van der Waals surface area contributed by atoms with Gasteiger partial charge in [-0.1, -0.05) is 197 Å². The summed E-state index contributed by atoms with van der Waals surface area (Å²) in [4.78, 5) is 13.3. The molecule has 0 saturated carbocycles. The zero-order valence-electron chi connectivity index (χ0n) is 50.0. The van der Waals surface area contributed by atoms with Gasteiger partial charge in [0.2, 0.25) is 5.91 Å². The van der Waals surface area contributed by atoms with E-state index in [4.69, 9.17) is 28.4 Å². The minimum Gasteiger partial charge on any atom is -0.394 e. The average Bonchev–Trinajstić information content (AvgIpc) is 3.64. The highest BCUT2D eigenvalue weighted by Gasteiger charge is 2.53. The highest BCUT2D eigenvalue weighted by molar-refractivity contribution is 5.76. The van der Waals surface area contributed by atoms with Gasteiger partial charge < -0.3 is 89.9 Å². The number of unbranched alkanes of at least 4 members (excludes halogenated alkanes) is 25. The fourth-order valence-corrected chi connectivity index (χ4v) is 10.6. The predicted molar refractivity (Wildman–Crippen MR) is 314 cm³/mol. The van der Waals surface area contributed by atoms with Gasteiger partial charge in [-0.3, -0.25) is 4.79 Å². The van der Waals surface area contributed by atoms with Gasteiger partial charge in [0.25, 0.3) is 0 Å². The van der Waals surface area contributed by atoms with E-state index in [9.17, 15) is 61.0 Å². The summed E-state index contributed by atoms with van der Waals surface area (Å²) >= 11 is 0. The van der Waals surface area contributed by atoms with Crippen molar-refractivity contribution in [1.29, 1.82) is 0 Å². The summed E-state index contributed by atoms with van der Waals surface area (Å²) in [6, 6.07) is -0.973. The summed E-state index contributed by atoms with van der Waals surface area (Å²) in [5, 5.41) is 120. The van der Waals surface area contributed by atoms with Crippen LogP contribution in [0.5, 0.6) is 0 Å². The number of allylic oxidation sites excluding steroid dienone is 7. The molecule has 0 aromatic rings. The number of aliphatic hydroxyl groups is 11. The molecule has 3 rings (SSSR count). The summed E-state index contributed by atoms with van der Waals surface area (Å²) < 4.78 is 34.2. The number of aliphatic hydroxyl groups excluding tert-OH is 11. The Bertz CT molecular complexity index is 1680. The maximum absolute atomic E-state index is 13.3. The largest absolute Gasteiger partial charge is 0.394 e. The lowest BCUT2D eigenvalue weighted by Gasteiger charge is -2.48. The van der Waals surface area contributed by atoms with Gasteiger partial charge in [0.15, 0.2) is 18.9 Å². The first-order chi connectivity index (χ1) is 39.8. The number of rotatable bonds is 47. The van der Waals surface area contributed by atoms with Gasteiger partial charge in [0.05, 0.1) is 38.6 Å². The van der Waals surface area contributed by atoms with Gasteiger partial charge in [-0.2, -0.15) is 0 Å². The van der Waals surface area contributed by atoms with Crippen LogP contribution in [-0.4, -0.2) is 193 Å². The third-order valence-electron chi connectivity index (χ3n) is 15.9. The van der Waals surface area contributed by atoms with E-state index >= 15 is 0 Å². The van der Waals surface area contributed by atoms with Crippen LogP contribution in [0, 0.1) is 0 Å². The molecule has 3 fully saturated rings. The van der Waals surface area contributed by atoms with Crippen LogP contribution >= 0.6 is 0 Å². The Morgan fingerprint density at radius 2 is 0.805 bits per heavy atom. The van der Waals surface area contributed by atoms with Crippen LogP contribution in [0.2, 0.25) is 0 Å². The zero-order chi connectivity index (χ0) is 59.7. The maximum Gasteiger partial charge on any atom is 0.220 e. The van der Waals surface area contributed by atoms with Crippen molar-refractivity contribution in [1.82, 2.24) is 5.32 Å². The first-order valence-electron chi connectivity index (χ1n) is 31.9. The summed E-state index contributed by atoms with van der Waals surface area (Å²) in [7, 11) is 0. The highest BCUT2D eigenvalue weighted by atomic mass is 16.8. The zero-order valence-corrected chi connectivity index (χ0v) is 50.0. The van der Waals surface area contributed by atoms with E-state index in [0.717, 1.165) is 64.2 Å². The molecule has 478 valence electrons. The third kappa shape index (κ3) is 29.0. The number of ether oxygens (including phenoxy) is 6. The molecule has 0 aromatic carbocycles. The molecular formula is C63H113NO18. The second kappa shape index (κ2) is 46.0. The van der Waals surface area contributed by atoms with Crippen LogP contribution < -0.4 is 5.32 Å². The molecule has 17 atom stereocenters. The average molecular weight is 1170 g/mol. The van der Waals surface area contributed by atoms with Crippen molar-refractivity contribution in [2.75, 3.05) is 26.4 Å². The van der Waals surface area contributed by atoms with E-state index in [-0.39, 0.29) is 18.9 Å². The summed E-state index contributed by atoms with van der Waals surface area (Å²) in [5.74, 6) is -0.281. The molecule has 3 saturated heterocycles. The topological polar surface area (TPSA) is 307 Å². The minimum absolute atomic E-state index is 0.240. The van der Waals surface area contributed by atoms with Crippen molar-refractivity contribution in [3.8, 4) is 0 Å². The van der Waals surface area contributed by atoms with Crippen molar-refractivity contribution >= 4 is 5.91 Å². The summed E-state index contributed by atoms with van der Waals surface area (Å²) in [5.41, 5.74) is 0. The first-order valence-corrected chi connectivity index (χ1v) is 31.9. The molecule has 12 N–H and O–H groups in total. The Hall–Kier alpha value is -2.25. The monoisotopic (exact) mass is 1170 g/mol. The lowest BCUT2D eigenvalue weighted by Crippen LogP contribution is -2.66. The van der Waals surface area contributed by atoms with E-state index < -0.39 is 124 Å². The molecule has 3 aliphatic rings. The van der Waals surface area contributed by atoms with Crippen LogP contribution in [0.3, 0.4) is 0 Å².